The van der Waals surface area contributed by atoms with Crippen molar-refractivity contribution in [2.24, 2.45) is 0 Å². The maximum atomic E-state index is 2.54. The summed E-state index contributed by atoms with van der Waals surface area (Å²) >= 11 is 0. The van der Waals surface area contributed by atoms with Crippen molar-refractivity contribution in [3.63, 3.8) is 0 Å². The molecule has 3 heteroatoms. The van der Waals surface area contributed by atoms with Gasteiger partial charge in [0, 0.05) is 47.0 Å². The molecule has 0 aromatic heterocycles. The third-order valence-electron chi connectivity index (χ3n) is 8.93. The van der Waals surface area contributed by atoms with Gasteiger partial charge >= 0.3 is 0 Å². The third kappa shape index (κ3) is 2.82. The summed E-state index contributed by atoms with van der Waals surface area (Å²) in [6.07, 6.45) is 1.90. The van der Waals surface area contributed by atoms with Gasteiger partial charge in [-0.1, -0.05) is 91.0 Å². The Labute approximate surface area is 229 Å². The van der Waals surface area contributed by atoms with Gasteiger partial charge in [-0.05, 0) is 75.1 Å². The second-order valence-corrected chi connectivity index (χ2v) is 10.9. The Morgan fingerprint density at radius 3 is 1.36 bits per heavy atom. The Morgan fingerprint density at radius 1 is 0.436 bits per heavy atom. The lowest BCUT2D eigenvalue weighted by Gasteiger charge is -2.44. The van der Waals surface area contributed by atoms with Crippen molar-refractivity contribution in [3.05, 3.63) is 161 Å². The minimum Gasteiger partial charge on any atom is -0.315 e. The molecule has 0 N–H and O–H groups in total. The van der Waals surface area contributed by atoms with Crippen LogP contribution in [0.1, 0.15) is 22.3 Å². The molecule has 2 aliphatic carbocycles. The monoisotopic (exact) mass is 496 g/mol. The van der Waals surface area contributed by atoms with Crippen LogP contribution in [-0.2, 0) is 12.8 Å². The molecule has 5 aromatic rings. The van der Waals surface area contributed by atoms with Gasteiger partial charge < -0.3 is 9.80 Å². The molecule has 0 amide bonds. The Kier molecular flexibility index (Phi) is 4.28. The molecule has 2 heterocycles. The van der Waals surface area contributed by atoms with Gasteiger partial charge in [0.25, 0.3) is 6.71 Å². The largest absolute Gasteiger partial charge is 0.315 e. The summed E-state index contributed by atoms with van der Waals surface area (Å²) in [5, 5.41) is 0. The molecule has 0 unspecified atom stereocenters. The van der Waals surface area contributed by atoms with Gasteiger partial charge in [0.2, 0.25) is 0 Å². The molecular formula is C36H25BN2. The number of hydrogen-bond acceptors (Lipinski definition) is 2. The van der Waals surface area contributed by atoms with Gasteiger partial charge in [0.05, 0.1) is 0 Å². The SMILES string of the molecule is c1ccc(N2C3=C(B4C5=C(Cc6ccccc65)N(c5ccccc5)c5cccc2c54)c2ccccc2C3)cc1. The summed E-state index contributed by atoms with van der Waals surface area (Å²) in [5.74, 6) is 0. The Morgan fingerprint density at radius 2 is 0.872 bits per heavy atom. The Hall–Kier alpha value is -4.76. The van der Waals surface area contributed by atoms with Crippen LogP contribution in [0.15, 0.2) is 139 Å². The van der Waals surface area contributed by atoms with Crippen molar-refractivity contribution in [1.29, 1.82) is 0 Å². The van der Waals surface area contributed by atoms with E-state index in [2.05, 4.69) is 137 Å². The van der Waals surface area contributed by atoms with Gasteiger partial charge in [-0.3, -0.25) is 0 Å². The van der Waals surface area contributed by atoms with Gasteiger partial charge in [0.1, 0.15) is 0 Å². The van der Waals surface area contributed by atoms with Crippen LogP contribution in [0.3, 0.4) is 0 Å². The first-order chi connectivity index (χ1) is 19.4. The van der Waals surface area contributed by atoms with Gasteiger partial charge in [0.15, 0.2) is 0 Å². The first-order valence-electron chi connectivity index (χ1n) is 13.8. The zero-order valence-electron chi connectivity index (χ0n) is 21.5. The fourth-order valence-electron chi connectivity index (χ4n) is 7.47. The molecular weight excluding hydrogens is 471 g/mol. The highest BCUT2D eigenvalue weighted by Crippen LogP contribution is 2.54. The average Bonchev–Trinajstić information content (AvgIpc) is 3.57. The van der Waals surface area contributed by atoms with Crippen molar-refractivity contribution in [1.82, 2.24) is 0 Å². The highest BCUT2D eigenvalue weighted by atomic mass is 15.2. The van der Waals surface area contributed by atoms with Crippen molar-refractivity contribution in [3.8, 4) is 0 Å². The number of hydrogen-bond donors (Lipinski definition) is 0. The molecule has 2 aliphatic heterocycles. The zero-order valence-corrected chi connectivity index (χ0v) is 21.5. The van der Waals surface area contributed by atoms with Crippen LogP contribution >= 0.6 is 0 Å². The number of benzene rings is 5. The summed E-state index contributed by atoms with van der Waals surface area (Å²) < 4.78 is 0. The Balaban J connectivity index is 1.41. The average molecular weight is 496 g/mol. The lowest BCUT2D eigenvalue weighted by molar-refractivity contribution is 1.06. The van der Waals surface area contributed by atoms with Crippen molar-refractivity contribution < 1.29 is 0 Å². The summed E-state index contributed by atoms with van der Waals surface area (Å²) in [4.78, 5) is 5.08. The maximum Gasteiger partial charge on any atom is 0.252 e. The van der Waals surface area contributed by atoms with Crippen LogP contribution in [0.25, 0.3) is 10.9 Å². The molecule has 5 aromatic carbocycles. The molecule has 182 valence electrons. The topological polar surface area (TPSA) is 6.48 Å². The van der Waals surface area contributed by atoms with E-state index in [1.54, 1.807) is 0 Å². The first kappa shape index (κ1) is 21.2. The number of allylic oxidation sites excluding steroid dienone is 2. The summed E-state index contributed by atoms with van der Waals surface area (Å²) in [5.41, 5.74) is 17.9. The molecule has 0 fully saturated rings. The minimum absolute atomic E-state index is 0.202. The quantitative estimate of drug-likeness (QED) is 0.231. The molecule has 39 heavy (non-hydrogen) atoms. The van der Waals surface area contributed by atoms with E-state index < -0.39 is 0 Å². The van der Waals surface area contributed by atoms with E-state index in [0.29, 0.717) is 0 Å². The Bertz CT molecular complexity index is 1740. The highest BCUT2D eigenvalue weighted by molar-refractivity contribution is 7.06. The maximum absolute atomic E-state index is 2.54. The lowest BCUT2D eigenvalue weighted by atomic mass is 9.31. The molecule has 0 spiro atoms. The van der Waals surface area contributed by atoms with Crippen molar-refractivity contribution >= 4 is 45.9 Å². The summed E-state index contributed by atoms with van der Waals surface area (Å²) in [7, 11) is 0. The second kappa shape index (κ2) is 7.88. The minimum atomic E-state index is 0.202. The van der Waals surface area contributed by atoms with Crippen LogP contribution in [0.5, 0.6) is 0 Å². The molecule has 0 radical (unpaired) electrons. The van der Waals surface area contributed by atoms with E-state index >= 15 is 0 Å². The first-order valence-corrected chi connectivity index (χ1v) is 13.8. The van der Waals surface area contributed by atoms with Gasteiger partial charge in [-0.15, -0.1) is 0 Å². The van der Waals surface area contributed by atoms with Crippen molar-refractivity contribution in [2.45, 2.75) is 12.8 Å². The van der Waals surface area contributed by atoms with E-state index in [1.807, 2.05) is 0 Å². The van der Waals surface area contributed by atoms with Gasteiger partial charge in [-0.25, -0.2) is 0 Å². The zero-order chi connectivity index (χ0) is 25.5. The number of anilines is 4. The number of rotatable bonds is 2. The van der Waals surface area contributed by atoms with Crippen LogP contribution in [0.4, 0.5) is 22.7 Å². The molecule has 2 nitrogen and oxygen atoms in total. The van der Waals surface area contributed by atoms with E-state index in [-0.39, 0.29) is 6.71 Å². The standard InChI is InChI=1S/C36H25BN2/c1-3-14-26(15-4-1)38-30-20-11-21-31-36(30)37(34-28-18-9-7-12-24(28)22-32(34)38)35-29-19-10-8-13-25(29)23-33(35)39(31)27-16-5-2-6-17-27/h1-21H,22-23H2. The van der Waals surface area contributed by atoms with Crippen LogP contribution in [0.2, 0.25) is 0 Å². The molecule has 0 bridgehead atoms. The summed E-state index contributed by atoms with van der Waals surface area (Å²) in [6, 6.07) is 46.9. The molecule has 0 saturated carbocycles. The second-order valence-electron chi connectivity index (χ2n) is 10.9. The van der Waals surface area contributed by atoms with Crippen molar-refractivity contribution in [2.75, 3.05) is 9.80 Å². The van der Waals surface area contributed by atoms with Crippen LogP contribution in [0, 0.1) is 0 Å². The van der Waals surface area contributed by atoms with E-state index in [9.17, 15) is 0 Å². The predicted octanol–water partition coefficient (Wildman–Crippen LogP) is 7.71. The fraction of sp³-hybridized carbons (Fsp3) is 0.0556. The van der Waals surface area contributed by atoms with E-state index in [4.69, 9.17) is 0 Å². The number of fused-ring (bicyclic) bond motifs is 6. The van der Waals surface area contributed by atoms with Crippen LogP contribution < -0.4 is 15.3 Å². The number of nitrogens with zero attached hydrogens (tertiary/aromatic N) is 2. The van der Waals surface area contributed by atoms with Gasteiger partial charge in [-0.2, -0.15) is 0 Å². The fourth-order valence-corrected chi connectivity index (χ4v) is 7.47. The predicted molar refractivity (Wildman–Crippen MR) is 163 cm³/mol. The van der Waals surface area contributed by atoms with E-state index in [0.717, 1.165) is 12.8 Å². The summed E-state index contributed by atoms with van der Waals surface area (Å²) in [6.45, 7) is 0.202. The normalized spacial score (nSPS) is 16.2. The highest BCUT2D eigenvalue weighted by Gasteiger charge is 2.49. The van der Waals surface area contributed by atoms with E-state index in [1.165, 1.54) is 72.8 Å². The number of para-hydroxylation sites is 2. The van der Waals surface area contributed by atoms with Crippen LogP contribution in [-0.4, -0.2) is 6.71 Å². The lowest BCUT2D eigenvalue weighted by Crippen LogP contribution is -2.48. The molecule has 0 saturated heterocycles. The smallest absolute Gasteiger partial charge is 0.252 e. The molecule has 4 aliphatic rings. The third-order valence-corrected chi connectivity index (χ3v) is 8.93. The molecule has 0 atom stereocenters. The molecule has 9 rings (SSSR count).